The second-order valence-corrected chi connectivity index (χ2v) is 5.64. The highest BCUT2D eigenvalue weighted by Crippen LogP contribution is 2.12. The minimum Gasteiger partial charge on any atom is -0.492 e. The first-order valence-electron chi connectivity index (χ1n) is 7.67. The van der Waals surface area contributed by atoms with Crippen molar-refractivity contribution in [2.75, 3.05) is 20.2 Å². The Morgan fingerprint density at radius 1 is 1.00 bits per heavy atom. The summed E-state index contributed by atoms with van der Waals surface area (Å²) >= 11 is 0. The third kappa shape index (κ3) is 3.29. The van der Waals surface area contributed by atoms with Crippen molar-refractivity contribution in [1.82, 2.24) is 14.0 Å². The van der Waals surface area contributed by atoms with E-state index in [1.807, 2.05) is 61.6 Å². The molecule has 2 aromatic carbocycles. The van der Waals surface area contributed by atoms with Gasteiger partial charge in [-0.25, -0.2) is 4.79 Å². The van der Waals surface area contributed by atoms with E-state index in [4.69, 9.17) is 4.74 Å². The molecule has 5 nitrogen and oxygen atoms in total. The van der Waals surface area contributed by atoms with Gasteiger partial charge in [0.05, 0.1) is 17.7 Å². The molecule has 23 heavy (non-hydrogen) atoms. The number of aromatic nitrogens is 2. The topological polar surface area (TPSA) is 39.4 Å². The number of hydrogen-bond donors (Lipinski definition) is 0. The standard InChI is InChI=1S/C18H21N3O2/c1-19(12-13-23-15-8-4-3-5-9-15)14-21-17-11-7-6-10-16(17)20(2)18(21)22/h3-11H,12-14H2,1-2H3. The van der Waals surface area contributed by atoms with Crippen LogP contribution in [0.25, 0.3) is 11.0 Å². The lowest BCUT2D eigenvalue weighted by molar-refractivity contribution is 0.206. The zero-order chi connectivity index (χ0) is 16.2. The Morgan fingerprint density at radius 3 is 2.39 bits per heavy atom. The predicted octanol–water partition coefficient (Wildman–Crippen LogP) is 2.31. The molecule has 3 aromatic rings. The molecule has 0 saturated heterocycles. The summed E-state index contributed by atoms with van der Waals surface area (Å²) in [7, 11) is 3.79. The summed E-state index contributed by atoms with van der Waals surface area (Å²) in [4.78, 5) is 14.5. The van der Waals surface area contributed by atoms with Gasteiger partial charge in [-0.3, -0.25) is 14.0 Å². The van der Waals surface area contributed by atoms with Crippen LogP contribution in [0.1, 0.15) is 0 Å². The van der Waals surface area contributed by atoms with Crippen LogP contribution < -0.4 is 10.4 Å². The van der Waals surface area contributed by atoms with Crippen LogP contribution in [0.5, 0.6) is 5.75 Å². The molecule has 0 aliphatic carbocycles. The van der Waals surface area contributed by atoms with Gasteiger partial charge in [0.2, 0.25) is 0 Å². The molecule has 0 bridgehead atoms. The fourth-order valence-electron chi connectivity index (χ4n) is 2.65. The average molecular weight is 311 g/mol. The normalized spacial score (nSPS) is 11.3. The van der Waals surface area contributed by atoms with Crippen molar-refractivity contribution in [3.8, 4) is 5.75 Å². The molecule has 0 amide bonds. The molecule has 0 aliphatic rings. The van der Waals surface area contributed by atoms with Crippen LogP contribution in [-0.4, -0.2) is 34.2 Å². The Kier molecular flexibility index (Phi) is 4.48. The monoisotopic (exact) mass is 311 g/mol. The lowest BCUT2D eigenvalue weighted by Crippen LogP contribution is -2.32. The Morgan fingerprint density at radius 2 is 1.65 bits per heavy atom. The second-order valence-electron chi connectivity index (χ2n) is 5.64. The summed E-state index contributed by atoms with van der Waals surface area (Å²) in [6.07, 6.45) is 0. The van der Waals surface area contributed by atoms with Crippen LogP contribution in [0.15, 0.2) is 59.4 Å². The third-order valence-electron chi connectivity index (χ3n) is 3.92. The highest BCUT2D eigenvalue weighted by molar-refractivity contribution is 5.75. The largest absolute Gasteiger partial charge is 0.492 e. The first kappa shape index (κ1) is 15.4. The van der Waals surface area contributed by atoms with E-state index in [-0.39, 0.29) is 5.69 Å². The quantitative estimate of drug-likeness (QED) is 0.701. The van der Waals surface area contributed by atoms with Crippen molar-refractivity contribution < 1.29 is 4.74 Å². The summed E-state index contributed by atoms with van der Waals surface area (Å²) in [5.74, 6) is 0.864. The smallest absolute Gasteiger partial charge is 0.329 e. The molecule has 0 aliphatic heterocycles. The van der Waals surface area contributed by atoms with Gasteiger partial charge < -0.3 is 4.74 Å². The van der Waals surface area contributed by atoms with Crippen molar-refractivity contribution in [2.45, 2.75) is 6.67 Å². The zero-order valence-electron chi connectivity index (χ0n) is 13.5. The minimum atomic E-state index is 0.00188. The predicted molar refractivity (Wildman–Crippen MR) is 91.7 cm³/mol. The summed E-state index contributed by atoms with van der Waals surface area (Å²) in [5.41, 5.74) is 1.91. The molecular weight excluding hydrogens is 290 g/mol. The van der Waals surface area contributed by atoms with Crippen LogP contribution >= 0.6 is 0 Å². The van der Waals surface area contributed by atoms with Crippen molar-refractivity contribution >= 4 is 11.0 Å². The number of fused-ring (bicyclic) bond motifs is 1. The van der Waals surface area contributed by atoms with Crippen LogP contribution in [0, 0.1) is 0 Å². The summed E-state index contributed by atoms with van der Waals surface area (Å²) in [6, 6.07) is 17.6. The van der Waals surface area contributed by atoms with Gasteiger partial charge in [-0.1, -0.05) is 30.3 Å². The number of likely N-dealkylation sites (N-methyl/N-ethyl adjacent to an activating group) is 1. The average Bonchev–Trinajstić information content (AvgIpc) is 2.81. The maximum atomic E-state index is 12.4. The van der Waals surface area contributed by atoms with E-state index in [1.165, 1.54) is 0 Å². The van der Waals surface area contributed by atoms with Gasteiger partial charge in [-0.2, -0.15) is 0 Å². The number of imidazole rings is 1. The van der Waals surface area contributed by atoms with Crippen LogP contribution in [0.3, 0.4) is 0 Å². The van der Waals surface area contributed by atoms with Gasteiger partial charge in [0.15, 0.2) is 0 Å². The van der Waals surface area contributed by atoms with Crippen LogP contribution in [-0.2, 0) is 13.7 Å². The molecule has 5 heteroatoms. The van der Waals surface area contributed by atoms with Crippen molar-refractivity contribution in [2.24, 2.45) is 7.05 Å². The van der Waals surface area contributed by atoms with E-state index in [0.29, 0.717) is 13.3 Å². The van der Waals surface area contributed by atoms with E-state index in [0.717, 1.165) is 23.3 Å². The number of nitrogens with zero attached hydrogens (tertiary/aromatic N) is 3. The molecule has 0 unspecified atom stereocenters. The Hall–Kier alpha value is -2.53. The van der Waals surface area contributed by atoms with Gasteiger partial charge in [-0.05, 0) is 31.3 Å². The Labute approximate surface area is 135 Å². The van der Waals surface area contributed by atoms with Crippen LogP contribution in [0.4, 0.5) is 0 Å². The number of aryl methyl sites for hydroxylation is 1. The number of hydrogen-bond acceptors (Lipinski definition) is 3. The number of ether oxygens (including phenoxy) is 1. The lowest BCUT2D eigenvalue weighted by Gasteiger charge is -2.17. The highest BCUT2D eigenvalue weighted by Gasteiger charge is 2.11. The van der Waals surface area contributed by atoms with E-state index in [1.54, 1.807) is 16.2 Å². The van der Waals surface area contributed by atoms with E-state index < -0.39 is 0 Å². The summed E-state index contributed by atoms with van der Waals surface area (Å²) in [5, 5.41) is 0. The Bertz CT molecular complexity index is 836. The molecule has 0 fully saturated rings. The summed E-state index contributed by atoms with van der Waals surface area (Å²) < 4.78 is 9.18. The molecule has 0 radical (unpaired) electrons. The molecule has 0 saturated carbocycles. The SMILES string of the molecule is CN(CCOc1ccccc1)Cn1c(=O)n(C)c2ccccc21. The van der Waals surface area contributed by atoms with E-state index in [2.05, 4.69) is 4.90 Å². The molecule has 0 atom stereocenters. The first-order chi connectivity index (χ1) is 11.2. The fraction of sp³-hybridized carbons (Fsp3) is 0.278. The zero-order valence-corrected chi connectivity index (χ0v) is 13.5. The molecule has 1 aromatic heterocycles. The van der Waals surface area contributed by atoms with E-state index in [9.17, 15) is 4.79 Å². The molecule has 120 valence electrons. The fourth-order valence-corrected chi connectivity index (χ4v) is 2.65. The molecule has 0 spiro atoms. The third-order valence-corrected chi connectivity index (χ3v) is 3.92. The van der Waals surface area contributed by atoms with Crippen LogP contribution in [0.2, 0.25) is 0 Å². The molecule has 3 rings (SSSR count). The maximum absolute atomic E-state index is 12.4. The number of benzene rings is 2. The lowest BCUT2D eigenvalue weighted by atomic mass is 10.3. The van der Waals surface area contributed by atoms with Crippen molar-refractivity contribution in [3.63, 3.8) is 0 Å². The molecule has 1 heterocycles. The number of rotatable bonds is 6. The molecular formula is C18H21N3O2. The van der Waals surface area contributed by atoms with Gasteiger partial charge in [0.1, 0.15) is 12.4 Å². The van der Waals surface area contributed by atoms with Gasteiger partial charge in [-0.15, -0.1) is 0 Å². The highest BCUT2D eigenvalue weighted by atomic mass is 16.5. The maximum Gasteiger partial charge on any atom is 0.329 e. The summed E-state index contributed by atoms with van der Waals surface area (Å²) in [6.45, 7) is 1.86. The van der Waals surface area contributed by atoms with E-state index >= 15 is 0 Å². The van der Waals surface area contributed by atoms with Crippen molar-refractivity contribution in [1.29, 1.82) is 0 Å². The van der Waals surface area contributed by atoms with Gasteiger partial charge in [0, 0.05) is 13.6 Å². The van der Waals surface area contributed by atoms with Gasteiger partial charge >= 0.3 is 5.69 Å². The Balaban J connectivity index is 1.65. The van der Waals surface area contributed by atoms with Gasteiger partial charge in [0.25, 0.3) is 0 Å². The molecule has 0 N–H and O–H groups in total. The van der Waals surface area contributed by atoms with Crippen molar-refractivity contribution in [3.05, 3.63) is 65.1 Å². The minimum absolute atomic E-state index is 0.00188. The second kappa shape index (κ2) is 6.71. The first-order valence-corrected chi connectivity index (χ1v) is 7.67. The number of para-hydroxylation sites is 3.